The Morgan fingerprint density at radius 3 is 2.76 bits per heavy atom. The SMILES string of the molecule is CCCNCc1ccc2[nH]c(OC(N)=O)c(Sc3ccccc3)c2c1. The molecule has 0 aliphatic heterocycles. The van der Waals surface area contributed by atoms with E-state index in [0.29, 0.717) is 5.88 Å². The number of carbonyl (C=O) groups excluding carboxylic acids is 1. The number of hydrogen-bond donors (Lipinski definition) is 3. The van der Waals surface area contributed by atoms with Gasteiger partial charge in [-0.1, -0.05) is 43.0 Å². The second-order valence-electron chi connectivity index (χ2n) is 5.68. The number of aromatic nitrogens is 1. The van der Waals surface area contributed by atoms with E-state index in [1.807, 2.05) is 36.4 Å². The molecule has 0 saturated carbocycles. The standard InChI is InChI=1S/C19H21N3O2S/c1-2-10-21-12-13-8-9-16-15(11-13)17(18(22-16)24-19(20)23)25-14-6-4-3-5-7-14/h3-9,11,21-22H,2,10,12H2,1H3,(H2,20,23). The zero-order valence-corrected chi connectivity index (χ0v) is 14.9. The van der Waals surface area contributed by atoms with Gasteiger partial charge in [0.1, 0.15) is 0 Å². The number of rotatable bonds is 7. The summed E-state index contributed by atoms with van der Waals surface area (Å²) < 4.78 is 5.19. The van der Waals surface area contributed by atoms with E-state index in [2.05, 4.69) is 29.4 Å². The minimum atomic E-state index is -0.827. The van der Waals surface area contributed by atoms with Crippen LogP contribution in [0.4, 0.5) is 4.79 Å². The molecule has 1 aromatic heterocycles. The maximum atomic E-state index is 11.3. The third kappa shape index (κ3) is 4.35. The molecule has 1 amide bonds. The molecule has 0 fully saturated rings. The maximum Gasteiger partial charge on any atom is 0.411 e. The van der Waals surface area contributed by atoms with Crippen LogP contribution in [0.15, 0.2) is 58.3 Å². The van der Waals surface area contributed by atoms with Crippen LogP contribution >= 0.6 is 11.8 Å². The number of aromatic amines is 1. The topological polar surface area (TPSA) is 80.1 Å². The van der Waals surface area contributed by atoms with Gasteiger partial charge < -0.3 is 20.8 Å². The molecule has 3 rings (SSSR count). The average Bonchev–Trinajstić information content (AvgIpc) is 2.92. The first kappa shape index (κ1) is 17.4. The number of ether oxygens (including phenoxy) is 1. The van der Waals surface area contributed by atoms with Crippen LogP contribution in [0.25, 0.3) is 10.9 Å². The van der Waals surface area contributed by atoms with Crippen molar-refractivity contribution in [2.45, 2.75) is 29.7 Å². The lowest BCUT2D eigenvalue weighted by atomic mass is 10.1. The Kier molecular flexibility index (Phi) is 5.63. The molecule has 25 heavy (non-hydrogen) atoms. The van der Waals surface area contributed by atoms with E-state index < -0.39 is 6.09 Å². The van der Waals surface area contributed by atoms with Gasteiger partial charge in [0, 0.05) is 22.3 Å². The summed E-state index contributed by atoms with van der Waals surface area (Å²) in [6.45, 7) is 3.92. The highest BCUT2D eigenvalue weighted by Gasteiger charge is 2.16. The molecule has 0 aliphatic carbocycles. The molecule has 130 valence electrons. The van der Waals surface area contributed by atoms with Crippen LogP contribution in [-0.2, 0) is 6.54 Å². The Bertz CT molecular complexity index is 862. The predicted octanol–water partition coefficient (Wildman–Crippen LogP) is 4.28. The van der Waals surface area contributed by atoms with Crippen LogP contribution in [-0.4, -0.2) is 17.6 Å². The highest BCUT2D eigenvalue weighted by atomic mass is 32.2. The first-order valence-electron chi connectivity index (χ1n) is 8.23. The number of nitrogens with two attached hydrogens (primary N) is 1. The number of amides is 1. The first-order chi connectivity index (χ1) is 12.2. The monoisotopic (exact) mass is 355 g/mol. The summed E-state index contributed by atoms with van der Waals surface area (Å²) in [7, 11) is 0. The molecule has 4 N–H and O–H groups in total. The molecule has 0 bridgehead atoms. The van der Waals surface area contributed by atoms with Crippen molar-refractivity contribution in [2.24, 2.45) is 5.73 Å². The summed E-state index contributed by atoms with van der Waals surface area (Å²) in [6.07, 6.45) is 0.268. The van der Waals surface area contributed by atoms with Gasteiger partial charge in [0.15, 0.2) is 0 Å². The summed E-state index contributed by atoms with van der Waals surface area (Å²) in [4.78, 5) is 16.3. The fourth-order valence-electron chi connectivity index (χ4n) is 2.59. The number of carbonyl (C=O) groups is 1. The fraction of sp³-hybridized carbons (Fsp3) is 0.211. The van der Waals surface area contributed by atoms with Gasteiger partial charge >= 0.3 is 6.09 Å². The molecule has 0 radical (unpaired) electrons. The van der Waals surface area contributed by atoms with Gasteiger partial charge in [-0.3, -0.25) is 0 Å². The molecule has 6 heteroatoms. The van der Waals surface area contributed by atoms with E-state index in [4.69, 9.17) is 10.5 Å². The van der Waals surface area contributed by atoms with Crippen LogP contribution in [0.2, 0.25) is 0 Å². The van der Waals surface area contributed by atoms with Crippen LogP contribution in [0.5, 0.6) is 5.88 Å². The summed E-state index contributed by atoms with van der Waals surface area (Å²) in [6, 6.07) is 16.1. The fourth-order valence-corrected chi connectivity index (χ4v) is 3.58. The minimum absolute atomic E-state index is 0.384. The second-order valence-corrected chi connectivity index (χ2v) is 6.76. The zero-order chi connectivity index (χ0) is 17.6. The number of H-pyrrole nitrogens is 1. The smallest absolute Gasteiger partial charge is 0.392 e. The van der Waals surface area contributed by atoms with E-state index in [1.54, 1.807) is 11.8 Å². The Hall–Kier alpha value is -2.44. The lowest BCUT2D eigenvalue weighted by molar-refractivity contribution is 0.208. The van der Waals surface area contributed by atoms with Gasteiger partial charge in [0.05, 0.1) is 4.90 Å². The second kappa shape index (κ2) is 8.09. The summed E-state index contributed by atoms with van der Waals surface area (Å²) in [5.41, 5.74) is 7.31. The average molecular weight is 355 g/mol. The number of fused-ring (bicyclic) bond motifs is 1. The van der Waals surface area contributed by atoms with Crippen LogP contribution in [0.3, 0.4) is 0 Å². The third-order valence-corrected chi connectivity index (χ3v) is 4.82. The van der Waals surface area contributed by atoms with Gasteiger partial charge in [0.2, 0.25) is 5.88 Å². The van der Waals surface area contributed by atoms with Crippen LogP contribution in [0, 0.1) is 0 Å². The number of hydrogen-bond acceptors (Lipinski definition) is 4. The van der Waals surface area contributed by atoms with Crippen LogP contribution in [0.1, 0.15) is 18.9 Å². The molecule has 0 aliphatic rings. The largest absolute Gasteiger partial charge is 0.411 e. The number of nitrogens with one attached hydrogen (secondary N) is 2. The van der Waals surface area contributed by atoms with Crippen molar-refractivity contribution in [2.75, 3.05) is 6.54 Å². The van der Waals surface area contributed by atoms with Gasteiger partial charge in [-0.05, 0) is 42.8 Å². The summed E-state index contributed by atoms with van der Waals surface area (Å²) in [5.74, 6) is 0.384. The Morgan fingerprint density at radius 1 is 1.24 bits per heavy atom. The lowest BCUT2D eigenvalue weighted by Gasteiger charge is -2.06. The van der Waals surface area contributed by atoms with Gasteiger partial charge in [-0.15, -0.1) is 0 Å². The van der Waals surface area contributed by atoms with Gasteiger partial charge in [0.25, 0.3) is 0 Å². The Labute approximate surface area is 150 Å². The molecule has 0 atom stereocenters. The molecule has 0 unspecified atom stereocenters. The van der Waals surface area contributed by atoms with Crippen molar-refractivity contribution < 1.29 is 9.53 Å². The quantitative estimate of drug-likeness (QED) is 0.553. The van der Waals surface area contributed by atoms with Crippen molar-refractivity contribution in [3.8, 4) is 5.88 Å². The molecule has 2 aromatic carbocycles. The minimum Gasteiger partial charge on any atom is -0.392 e. The van der Waals surface area contributed by atoms with Crippen molar-refractivity contribution >= 4 is 28.8 Å². The van der Waals surface area contributed by atoms with E-state index in [-0.39, 0.29) is 0 Å². The highest BCUT2D eigenvalue weighted by molar-refractivity contribution is 7.99. The third-order valence-electron chi connectivity index (χ3n) is 3.70. The molecule has 0 saturated heterocycles. The van der Waals surface area contributed by atoms with E-state index in [9.17, 15) is 4.79 Å². The van der Waals surface area contributed by atoms with Crippen molar-refractivity contribution in [1.29, 1.82) is 0 Å². The van der Waals surface area contributed by atoms with Crippen molar-refractivity contribution in [3.63, 3.8) is 0 Å². The highest BCUT2D eigenvalue weighted by Crippen LogP contribution is 2.41. The van der Waals surface area contributed by atoms with Crippen LogP contribution < -0.4 is 15.8 Å². The van der Waals surface area contributed by atoms with E-state index in [0.717, 1.165) is 40.2 Å². The molecular weight excluding hydrogens is 334 g/mol. The van der Waals surface area contributed by atoms with Crippen molar-refractivity contribution in [1.82, 2.24) is 10.3 Å². The maximum absolute atomic E-state index is 11.3. The Balaban J connectivity index is 1.98. The molecule has 5 nitrogen and oxygen atoms in total. The van der Waals surface area contributed by atoms with Gasteiger partial charge in [-0.25, -0.2) is 4.79 Å². The molecule has 0 spiro atoms. The van der Waals surface area contributed by atoms with E-state index in [1.165, 1.54) is 5.56 Å². The van der Waals surface area contributed by atoms with Gasteiger partial charge in [-0.2, -0.15) is 0 Å². The lowest BCUT2D eigenvalue weighted by Crippen LogP contribution is -2.16. The van der Waals surface area contributed by atoms with E-state index >= 15 is 0 Å². The first-order valence-corrected chi connectivity index (χ1v) is 9.04. The molecule has 1 heterocycles. The Morgan fingerprint density at radius 2 is 2.04 bits per heavy atom. The predicted molar refractivity (Wildman–Crippen MR) is 101 cm³/mol. The number of benzene rings is 2. The number of primary amides is 1. The summed E-state index contributed by atoms with van der Waals surface area (Å²) in [5, 5.41) is 4.42. The van der Waals surface area contributed by atoms with Crippen molar-refractivity contribution in [3.05, 3.63) is 54.1 Å². The zero-order valence-electron chi connectivity index (χ0n) is 14.0. The normalized spacial score (nSPS) is 10.9. The molecule has 3 aromatic rings. The summed E-state index contributed by atoms with van der Waals surface area (Å²) >= 11 is 1.54. The molecular formula is C19H21N3O2S.